The molecule has 0 saturated heterocycles. The van der Waals surface area contributed by atoms with Crippen molar-refractivity contribution in [2.24, 2.45) is 5.73 Å². The molecule has 0 unspecified atom stereocenters. The van der Waals surface area contributed by atoms with Crippen molar-refractivity contribution >= 4 is 11.8 Å². The molecule has 0 saturated carbocycles. The molecule has 1 aliphatic rings. The first kappa shape index (κ1) is 43.1. The number of fused-ring (bicyclic) bond motifs is 1. The predicted octanol–water partition coefficient (Wildman–Crippen LogP) is 8.12. The van der Waals surface area contributed by atoms with Gasteiger partial charge in [0.05, 0.1) is 30.9 Å². The summed E-state index contributed by atoms with van der Waals surface area (Å²) in [5, 5.41) is 0. The van der Waals surface area contributed by atoms with Gasteiger partial charge in [0, 0.05) is 31.9 Å². The standard InChI is InChI=1S/C24H18F4N2O4.C16H16F4N2O2/c1-33-8-9-34-21-17(6-7-20(29-21)24(26,27)28)15-10-14(11-16(25)12-15)13-30-22(31)18-4-2-3-5-19(18)23(30)32;1-23-4-5-24-15-13(2-3-14(22-15)16(18,19)20)11-6-10(9-21)7-12(17)8-11/h2-7,10-12H,8-9,13H2,1H3;2-3,6-8H,4-5,9,21H2,1H3. The summed E-state index contributed by atoms with van der Waals surface area (Å²) in [6, 6.07) is 18.0. The minimum atomic E-state index is -4.70. The molecule has 2 amide bonds. The fraction of sp³-hybridized carbons (Fsp3) is 0.250. The number of imide groups is 1. The molecule has 306 valence electrons. The van der Waals surface area contributed by atoms with E-state index in [0.717, 1.165) is 35.2 Å². The van der Waals surface area contributed by atoms with Gasteiger partial charge in [0.2, 0.25) is 11.8 Å². The number of amides is 2. The van der Waals surface area contributed by atoms with E-state index >= 15 is 0 Å². The van der Waals surface area contributed by atoms with E-state index in [2.05, 4.69) is 9.97 Å². The largest absolute Gasteiger partial charge is 0.475 e. The van der Waals surface area contributed by atoms with E-state index in [1.807, 2.05) is 0 Å². The highest BCUT2D eigenvalue weighted by molar-refractivity contribution is 6.21. The molecule has 1 aliphatic heterocycles. The average molecular weight is 819 g/mol. The summed E-state index contributed by atoms with van der Waals surface area (Å²) in [6.45, 7) is 0.0930. The first-order valence-electron chi connectivity index (χ1n) is 17.2. The molecule has 0 aliphatic carbocycles. The van der Waals surface area contributed by atoms with Gasteiger partial charge in [-0.25, -0.2) is 18.7 Å². The number of carbonyl (C=O) groups excluding carboxylic acids is 2. The molecule has 18 heteroatoms. The van der Waals surface area contributed by atoms with Crippen LogP contribution in [0.15, 0.2) is 84.9 Å². The molecule has 3 aromatic carbocycles. The SMILES string of the molecule is COCCOc1nc(C(F)(F)F)ccc1-c1cc(F)cc(CN)c1.COCCOc1nc(C(F)(F)F)ccc1-c1cc(F)cc(CN2C(=O)c3ccccc3C2=O)c1. The molecule has 0 atom stereocenters. The van der Waals surface area contributed by atoms with E-state index in [1.165, 1.54) is 50.6 Å². The van der Waals surface area contributed by atoms with Crippen LogP contribution in [0.25, 0.3) is 22.3 Å². The van der Waals surface area contributed by atoms with Crippen molar-refractivity contribution in [1.29, 1.82) is 0 Å². The van der Waals surface area contributed by atoms with Gasteiger partial charge in [-0.1, -0.05) is 12.1 Å². The Morgan fingerprint density at radius 1 is 0.586 bits per heavy atom. The van der Waals surface area contributed by atoms with E-state index < -0.39 is 47.2 Å². The number of hydrogen-bond acceptors (Lipinski definition) is 9. The summed E-state index contributed by atoms with van der Waals surface area (Å²) in [6.07, 6.45) is -9.31. The smallest absolute Gasteiger partial charge is 0.433 e. The maximum atomic E-state index is 14.5. The average Bonchev–Trinajstić information content (AvgIpc) is 3.41. The van der Waals surface area contributed by atoms with Crippen LogP contribution in [0, 0.1) is 11.6 Å². The molecule has 0 radical (unpaired) electrons. The quantitative estimate of drug-likeness (QED) is 0.0713. The molecular weight excluding hydrogens is 784 g/mol. The number of nitrogens with two attached hydrogens (primary N) is 1. The van der Waals surface area contributed by atoms with E-state index in [4.69, 9.17) is 24.7 Å². The van der Waals surface area contributed by atoms with Crippen molar-refractivity contribution in [2.75, 3.05) is 40.6 Å². The summed E-state index contributed by atoms with van der Waals surface area (Å²) >= 11 is 0. The second kappa shape index (κ2) is 18.5. The molecule has 5 aromatic rings. The number of halogens is 8. The molecular formula is C40H34F8N4O6. The van der Waals surface area contributed by atoms with Crippen LogP contribution in [0.5, 0.6) is 11.8 Å². The van der Waals surface area contributed by atoms with Crippen LogP contribution in [0.2, 0.25) is 0 Å². The zero-order valence-electron chi connectivity index (χ0n) is 30.7. The Hall–Kier alpha value is -5.98. The van der Waals surface area contributed by atoms with Crippen LogP contribution in [0.4, 0.5) is 35.1 Å². The lowest BCUT2D eigenvalue weighted by molar-refractivity contribution is -0.142. The Morgan fingerprint density at radius 3 is 1.43 bits per heavy atom. The Balaban J connectivity index is 0.000000235. The molecule has 10 nitrogen and oxygen atoms in total. The van der Waals surface area contributed by atoms with Crippen LogP contribution < -0.4 is 15.2 Å². The van der Waals surface area contributed by atoms with E-state index in [-0.39, 0.29) is 84.7 Å². The van der Waals surface area contributed by atoms with Gasteiger partial charge in [0.25, 0.3) is 11.8 Å². The number of hydrogen-bond donors (Lipinski definition) is 1. The van der Waals surface area contributed by atoms with Gasteiger partial charge in [0.1, 0.15) is 36.2 Å². The highest BCUT2D eigenvalue weighted by Gasteiger charge is 2.36. The third-order valence-corrected chi connectivity index (χ3v) is 8.35. The molecule has 0 fully saturated rings. The lowest BCUT2D eigenvalue weighted by atomic mass is 10.0. The monoisotopic (exact) mass is 818 g/mol. The van der Waals surface area contributed by atoms with Crippen molar-refractivity contribution in [1.82, 2.24) is 14.9 Å². The summed E-state index contributed by atoms with van der Waals surface area (Å²) in [5.74, 6) is -2.85. The van der Waals surface area contributed by atoms with Crippen LogP contribution in [-0.4, -0.2) is 67.3 Å². The number of aromatic nitrogens is 2. The van der Waals surface area contributed by atoms with Crippen molar-refractivity contribution in [3.05, 3.63) is 130 Å². The number of methoxy groups -OCH3 is 2. The summed E-state index contributed by atoms with van der Waals surface area (Å²) in [4.78, 5) is 33.4. The third-order valence-electron chi connectivity index (χ3n) is 8.35. The van der Waals surface area contributed by atoms with Crippen molar-refractivity contribution < 1.29 is 63.7 Å². The van der Waals surface area contributed by atoms with Crippen LogP contribution >= 0.6 is 0 Å². The number of alkyl halides is 6. The van der Waals surface area contributed by atoms with Gasteiger partial charge in [-0.2, -0.15) is 26.3 Å². The molecule has 0 bridgehead atoms. The Morgan fingerprint density at radius 2 is 1.02 bits per heavy atom. The predicted molar refractivity (Wildman–Crippen MR) is 193 cm³/mol. The topological polar surface area (TPSA) is 126 Å². The number of rotatable bonds is 13. The number of pyridine rings is 2. The number of carbonyl (C=O) groups is 2. The van der Waals surface area contributed by atoms with Gasteiger partial charge < -0.3 is 24.7 Å². The summed E-state index contributed by atoms with van der Waals surface area (Å²) in [7, 11) is 2.84. The highest BCUT2D eigenvalue weighted by atomic mass is 19.4. The fourth-order valence-corrected chi connectivity index (χ4v) is 5.69. The Labute approximate surface area is 326 Å². The molecule has 6 rings (SSSR count). The van der Waals surface area contributed by atoms with E-state index in [1.54, 1.807) is 18.2 Å². The molecule has 2 aromatic heterocycles. The molecule has 2 N–H and O–H groups in total. The van der Waals surface area contributed by atoms with Crippen molar-refractivity contribution in [2.45, 2.75) is 25.4 Å². The molecule has 3 heterocycles. The van der Waals surface area contributed by atoms with E-state index in [9.17, 15) is 44.7 Å². The lowest BCUT2D eigenvalue weighted by Gasteiger charge is -2.16. The fourth-order valence-electron chi connectivity index (χ4n) is 5.69. The first-order valence-corrected chi connectivity index (χ1v) is 17.2. The number of ether oxygens (including phenoxy) is 4. The van der Waals surface area contributed by atoms with E-state index in [0.29, 0.717) is 11.1 Å². The second-order valence-corrected chi connectivity index (χ2v) is 12.4. The first-order chi connectivity index (χ1) is 27.5. The zero-order chi connectivity index (χ0) is 42.2. The maximum absolute atomic E-state index is 14.5. The second-order valence-electron chi connectivity index (χ2n) is 12.4. The van der Waals surface area contributed by atoms with Gasteiger partial charge in [-0.15, -0.1) is 0 Å². The van der Waals surface area contributed by atoms with Crippen LogP contribution in [-0.2, 0) is 34.9 Å². The zero-order valence-corrected chi connectivity index (χ0v) is 30.7. The number of nitrogens with zero attached hydrogens (tertiary/aromatic N) is 3. The van der Waals surface area contributed by atoms with Gasteiger partial charge in [-0.3, -0.25) is 14.5 Å². The van der Waals surface area contributed by atoms with Crippen LogP contribution in [0.3, 0.4) is 0 Å². The normalized spacial score (nSPS) is 12.6. The third kappa shape index (κ3) is 10.5. The Bertz CT molecular complexity index is 2230. The minimum absolute atomic E-state index is 0.0108. The van der Waals surface area contributed by atoms with Crippen molar-refractivity contribution in [3.63, 3.8) is 0 Å². The van der Waals surface area contributed by atoms with Gasteiger partial charge in [-0.05, 0) is 95.1 Å². The summed E-state index contributed by atoms with van der Waals surface area (Å²) in [5.41, 5.74) is 5.42. The van der Waals surface area contributed by atoms with Gasteiger partial charge in [0.15, 0.2) is 0 Å². The number of benzene rings is 3. The van der Waals surface area contributed by atoms with Crippen molar-refractivity contribution in [3.8, 4) is 34.0 Å². The lowest BCUT2D eigenvalue weighted by Crippen LogP contribution is -2.29. The Kier molecular flexibility index (Phi) is 13.8. The minimum Gasteiger partial charge on any atom is -0.475 e. The maximum Gasteiger partial charge on any atom is 0.433 e. The van der Waals surface area contributed by atoms with Gasteiger partial charge >= 0.3 is 12.4 Å². The molecule has 58 heavy (non-hydrogen) atoms. The van der Waals surface area contributed by atoms with Crippen LogP contribution in [0.1, 0.15) is 43.2 Å². The summed E-state index contributed by atoms with van der Waals surface area (Å²) < 4.78 is 127. The highest BCUT2D eigenvalue weighted by Crippen LogP contribution is 2.37. The molecule has 0 spiro atoms.